The molecule has 1 rings (SSSR count). The summed E-state index contributed by atoms with van der Waals surface area (Å²) in [6.45, 7) is 5.21. The third kappa shape index (κ3) is 2.67. The van der Waals surface area contributed by atoms with E-state index < -0.39 is 0 Å². The molecule has 1 aliphatic rings. The predicted molar refractivity (Wildman–Crippen MR) is 50.2 cm³/mol. The van der Waals surface area contributed by atoms with Gasteiger partial charge in [-0.15, -0.1) is 0 Å². The molecule has 0 aromatic carbocycles. The van der Waals surface area contributed by atoms with E-state index in [9.17, 15) is 4.79 Å². The number of nitrogens with two attached hydrogens (primary N) is 1. The lowest BCUT2D eigenvalue weighted by atomic mass is 10.1. The fourth-order valence-electron chi connectivity index (χ4n) is 1.57. The Labute approximate surface area is 79.0 Å². The summed E-state index contributed by atoms with van der Waals surface area (Å²) >= 11 is 0. The smallest absolute Gasteiger partial charge is 0.228 e. The normalized spacial score (nSPS) is 21.8. The van der Waals surface area contributed by atoms with Crippen LogP contribution < -0.4 is 5.73 Å². The van der Waals surface area contributed by atoms with Crippen LogP contribution in [0.25, 0.3) is 0 Å². The molecule has 1 heterocycles. The Kier molecular flexibility index (Phi) is 4.18. The molecule has 4 nitrogen and oxygen atoms in total. The topological polar surface area (TPSA) is 55.6 Å². The van der Waals surface area contributed by atoms with Crippen LogP contribution in [-0.2, 0) is 9.53 Å². The van der Waals surface area contributed by atoms with Gasteiger partial charge in [0, 0.05) is 26.2 Å². The average Bonchev–Trinajstić information content (AvgIpc) is 2.65. The standard InChI is InChI=1S/C9H18N2O2/c1-2-11(5-4-10)9(12)8-3-6-13-7-8/h8H,2-7,10H2,1H3. The van der Waals surface area contributed by atoms with Gasteiger partial charge >= 0.3 is 0 Å². The van der Waals surface area contributed by atoms with E-state index in [1.54, 1.807) is 4.90 Å². The van der Waals surface area contributed by atoms with Crippen LogP contribution in [-0.4, -0.2) is 43.7 Å². The monoisotopic (exact) mass is 186 g/mol. The van der Waals surface area contributed by atoms with Gasteiger partial charge in [0.05, 0.1) is 12.5 Å². The lowest BCUT2D eigenvalue weighted by molar-refractivity contribution is -0.135. The van der Waals surface area contributed by atoms with E-state index in [-0.39, 0.29) is 11.8 Å². The van der Waals surface area contributed by atoms with Crippen molar-refractivity contribution in [3.8, 4) is 0 Å². The Hall–Kier alpha value is -0.610. The zero-order valence-electron chi connectivity index (χ0n) is 8.16. The van der Waals surface area contributed by atoms with Crippen molar-refractivity contribution >= 4 is 5.91 Å². The predicted octanol–water partition coefficient (Wildman–Crippen LogP) is -0.170. The highest BCUT2D eigenvalue weighted by molar-refractivity contribution is 5.79. The van der Waals surface area contributed by atoms with E-state index in [0.717, 1.165) is 19.6 Å². The van der Waals surface area contributed by atoms with E-state index in [1.807, 2.05) is 6.92 Å². The molecule has 1 fully saturated rings. The number of amides is 1. The average molecular weight is 186 g/mol. The van der Waals surface area contributed by atoms with Crippen LogP contribution in [0.4, 0.5) is 0 Å². The summed E-state index contributed by atoms with van der Waals surface area (Å²) in [5.74, 6) is 0.275. The number of nitrogens with zero attached hydrogens (tertiary/aromatic N) is 1. The number of likely N-dealkylation sites (N-methyl/N-ethyl adjacent to an activating group) is 1. The number of hydrogen-bond donors (Lipinski definition) is 1. The number of carbonyl (C=O) groups excluding carboxylic acids is 1. The Balaban J connectivity index is 2.42. The zero-order valence-corrected chi connectivity index (χ0v) is 8.16. The highest BCUT2D eigenvalue weighted by Crippen LogP contribution is 2.15. The summed E-state index contributed by atoms with van der Waals surface area (Å²) in [7, 11) is 0. The SMILES string of the molecule is CCN(CCN)C(=O)C1CCOC1. The van der Waals surface area contributed by atoms with Crippen LogP contribution in [0.5, 0.6) is 0 Å². The van der Waals surface area contributed by atoms with Crippen LogP contribution in [0, 0.1) is 5.92 Å². The molecular weight excluding hydrogens is 168 g/mol. The van der Waals surface area contributed by atoms with Gasteiger partial charge in [-0.25, -0.2) is 0 Å². The van der Waals surface area contributed by atoms with Crippen LogP contribution >= 0.6 is 0 Å². The Morgan fingerprint density at radius 2 is 2.46 bits per heavy atom. The van der Waals surface area contributed by atoms with Crippen LogP contribution in [0.1, 0.15) is 13.3 Å². The van der Waals surface area contributed by atoms with Crippen LogP contribution in [0.15, 0.2) is 0 Å². The van der Waals surface area contributed by atoms with Gasteiger partial charge in [0.2, 0.25) is 5.91 Å². The fourth-order valence-corrected chi connectivity index (χ4v) is 1.57. The minimum Gasteiger partial charge on any atom is -0.381 e. The number of hydrogen-bond acceptors (Lipinski definition) is 3. The van der Waals surface area contributed by atoms with Gasteiger partial charge in [-0.2, -0.15) is 0 Å². The van der Waals surface area contributed by atoms with Crippen molar-refractivity contribution in [2.24, 2.45) is 11.7 Å². The maximum Gasteiger partial charge on any atom is 0.228 e. The number of ether oxygens (including phenoxy) is 1. The van der Waals surface area contributed by atoms with Crippen LogP contribution in [0.2, 0.25) is 0 Å². The van der Waals surface area contributed by atoms with Crippen molar-refractivity contribution in [1.82, 2.24) is 4.90 Å². The second-order valence-corrected chi connectivity index (χ2v) is 3.27. The van der Waals surface area contributed by atoms with Gasteiger partial charge in [0.15, 0.2) is 0 Å². The highest BCUT2D eigenvalue weighted by Gasteiger charge is 2.26. The lowest BCUT2D eigenvalue weighted by Crippen LogP contribution is -2.39. The van der Waals surface area contributed by atoms with E-state index in [1.165, 1.54) is 0 Å². The van der Waals surface area contributed by atoms with Crippen molar-refractivity contribution in [2.45, 2.75) is 13.3 Å². The van der Waals surface area contributed by atoms with E-state index in [4.69, 9.17) is 10.5 Å². The second-order valence-electron chi connectivity index (χ2n) is 3.27. The first-order chi connectivity index (χ1) is 6.29. The molecule has 1 saturated heterocycles. The van der Waals surface area contributed by atoms with Crippen molar-refractivity contribution < 1.29 is 9.53 Å². The Morgan fingerprint density at radius 3 is 2.92 bits per heavy atom. The van der Waals surface area contributed by atoms with E-state index >= 15 is 0 Å². The minimum atomic E-state index is 0.0755. The van der Waals surface area contributed by atoms with E-state index in [2.05, 4.69) is 0 Å². The van der Waals surface area contributed by atoms with Gasteiger partial charge in [-0.3, -0.25) is 4.79 Å². The van der Waals surface area contributed by atoms with Crippen molar-refractivity contribution in [3.63, 3.8) is 0 Å². The first kappa shape index (κ1) is 10.5. The van der Waals surface area contributed by atoms with Gasteiger partial charge in [-0.05, 0) is 13.3 Å². The van der Waals surface area contributed by atoms with E-state index in [0.29, 0.717) is 19.7 Å². The molecule has 13 heavy (non-hydrogen) atoms. The Morgan fingerprint density at radius 1 is 1.69 bits per heavy atom. The fraction of sp³-hybridized carbons (Fsp3) is 0.889. The number of rotatable bonds is 4. The molecule has 0 aromatic rings. The first-order valence-corrected chi connectivity index (χ1v) is 4.86. The lowest BCUT2D eigenvalue weighted by Gasteiger charge is -2.22. The van der Waals surface area contributed by atoms with Gasteiger partial charge in [-0.1, -0.05) is 0 Å². The largest absolute Gasteiger partial charge is 0.381 e. The van der Waals surface area contributed by atoms with Crippen LogP contribution in [0.3, 0.4) is 0 Å². The molecule has 1 amide bonds. The molecule has 1 unspecified atom stereocenters. The highest BCUT2D eigenvalue weighted by atomic mass is 16.5. The summed E-state index contributed by atoms with van der Waals surface area (Å²) < 4.78 is 5.17. The maximum atomic E-state index is 11.8. The first-order valence-electron chi connectivity index (χ1n) is 4.86. The molecule has 4 heteroatoms. The second kappa shape index (κ2) is 5.19. The molecular formula is C9H18N2O2. The molecule has 1 aliphatic heterocycles. The van der Waals surface area contributed by atoms with Gasteiger partial charge in [0.1, 0.15) is 0 Å². The van der Waals surface area contributed by atoms with Gasteiger partial charge in [0.25, 0.3) is 0 Å². The molecule has 0 saturated carbocycles. The molecule has 0 aliphatic carbocycles. The maximum absolute atomic E-state index is 11.8. The van der Waals surface area contributed by atoms with Crippen molar-refractivity contribution in [2.75, 3.05) is 32.8 Å². The number of carbonyl (C=O) groups is 1. The summed E-state index contributed by atoms with van der Waals surface area (Å²) in [5.41, 5.74) is 5.42. The summed E-state index contributed by atoms with van der Waals surface area (Å²) in [4.78, 5) is 13.6. The summed E-state index contributed by atoms with van der Waals surface area (Å²) in [5, 5.41) is 0. The molecule has 2 N–H and O–H groups in total. The summed E-state index contributed by atoms with van der Waals surface area (Å²) in [6.07, 6.45) is 0.861. The summed E-state index contributed by atoms with van der Waals surface area (Å²) in [6, 6.07) is 0. The third-order valence-corrected chi connectivity index (χ3v) is 2.37. The quantitative estimate of drug-likeness (QED) is 0.663. The zero-order chi connectivity index (χ0) is 9.68. The molecule has 0 radical (unpaired) electrons. The van der Waals surface area contributed by atoms with Crippen molar-refractivity contribution in [3.05, 3.63) is 0 Å². The minimum absolute atomic E-state index is 0.0755. The molecule has 76 valence electrons. The molecule has 0 bridgehead atoms. The Bertz CT molecular complexity index is 167. The molecule has 0 spiro atoms. The van der Waals surface area contributed by atoms with Crippen molar-refractivity contribution in [1.29, 1.82) is 0 Å². The third-order valence-electron chi connectivity index (χ3n) is 2.37. The molecule has 0 aromatic heterocycles. The van der Waals surface area contributed by atoms with Gasteiger partial charge < -0.3 is 15.4 Å². The molecule has 1 atom stereocenters.